The van der Waals surface area contributed by atoms with E-state index >= 15 is 0 Å². The third-order valence-electron chi connectivity index (χ3n) is 6.10. The van der Waals surface area contributed by atoms with Crippen LogP contribution in [0.4, 0.5) is 20.5 Å². The summed E-state index contributed by atoms with van der Waals surface area (Å²) in [5.74, 6) is 0.970. The molecule has 5 rings (SSSR count). The normalized spacial score (nSPS) is 15.4. The number of hydrogen-bond donors (Lipinski definition) is 1. The van der Waals surface area contributed by atoms with Crippen LogP contribution < -0.4 is 5.32 Å². The second-order valence-electron chi connectivity index (χ2n) is 8.69. The van der Waals surface area contributed by atoms with Gasteiger partial charge in [0.25, 0.3) is 12.3 Å². The van der Waals surface area contributed by atoms with Crippen LogP contribution >= 0.6 is 0 Å². The molecule has 0 aromatic carbocycles. The maximum absolute atomic E-state index is 13.5. The summed E-state index contributed by atoms with van der Waals surface area (Å²) in [5, 5.41) is 7.25. The Morgan fingerprint density at radius 3 is 2.78 bits per heavy atom. The van der Waals surface area contributed by atoms with Gasteiger partial charge in [-0.25, -0.2) is 28.7 Å². The fraction of sp³-hybridized carbons (Fsp3) is 0.333. The molecule has 0 spiro atoms. The van der Waals surface area contributed by atoms with Gasteiger partial charge in [0.15, 0.2) is 5.82 Å². The molecule has 4 aromatic rings. The van der Waals surface area contributed by atoms with Crippen molar-refractivity contribution in [1.82, 2.24) is 39.2 Å². The first-order valence-electron chi connectivity index (χ1n) is 11.5. The standard InChI is InChI=1S/C24H25F2N9O2/c1-14-9-27-24(31-19-7-8-28-33(19)2)32-20(14)18-12-34-11-16(13-37-3)35(23(36)22(34)30-18)10-15-5-4-6-17(29-15)21(25)26/h4-9,12,16,21H,10-11,13H2,1-3H3,(H,27,31,32). The van der Waals surface area contributed by atoms with E-state index in [9.17, 15) is 13.6 Å². The Morgan fingerprint density at radius 1 is 1.22 bits per heavy atom. The van der Waals surface area contributed by atoms with Crippen LogP contribution in [0.2, 0.25) is 0 Å². The van der Waals surface area contributed by atoms with E-state index in [0.717, 1.165) is 11.4 Å². The van der Waals surface area contributed by atoms with Gasteiger partial charge in [0.05, 0.1) is 36.8 Å². The summed E-state index contributed by atoms with van der Waals surface area (Å²) in [5.41, 5.74) is 1.92. The third kappa shape index (κ3) is 4.89. The molecule has 1 aliphatic rings. The lowest BCUT2D eigenvalue weighted by atomic mass is 10.1. The number of rotatable bonds is 8. The Hall–Kier alpha value is -4.26. The Bertz CT molecular complexity index is 1440. The highest BCUT2D eigenvalue weighted by molar-refractivity contribution is 5.92. The van der Waals surface area contributed by atoms with Crippen molar-refractivity contribution in [2.24, 2.45) is 7.05 Å². The zero-order valence-corrected chi connectivity index (χ0v) is 20.5. The highest BCUT2D eigenvalue weighted by Gasteiger charge is 2.35. The van der Waals surface area contributed by atoms with Crippen molar-refractivity contribution >= 4 is 17.7 Å². The second-order valence-corrected chi connectivity index (χ2v) is 8.69. The first-order valence-corrected chi connectivity index (χ1v) is 11.5. The zero-order chi connectivity index (χ0) is 26.1. The van der Waals surface area contributed by atoms with Gasteiger partial charge in [-0.2, -0.15) is 5.10 Å². The molecule has 37 heavy (non-hydrogen) atoms. The van der Waals surface area contributed by atoms with E-state index in [2.05, 4.69) is 30.4 Å². The molecule has 0 fully saturated rings. The Balaban J connectivity index is 1.45. The van der Waals surface area contributed by atoms with Crippen LogP contribution in [0.5, 0.6) is 0 Å². The molecule has 1 atom stereocenters. The molecule has 11 nitrogen and oxygen atoms in total. The van der Waals surface area contributed by atoms with Gasteiger partial charge >= 0.3 is 0 Å². The lowest BCUT2D eigenvalue weighted by molar-refractivity contribution is 0.0375. The van der Waals surface area contributed by atoms with Crippen molar-refractivity contribution < 1.29 is 18.3 Å². The summed E-state index contributed by atoms with van der Waals surface area (Å²) in [6.45, 7) is 2.60. The summed E-state index contributed by atoms with van der Waals surface area (Å²) in [6.07, 6.45) is 2.43. The monoisotopic (exact) mass is 509 g/mol. The fourth-order valence-corrected chi connectivity index (χ4v) is 4.25. The molecule has 1 amide bonds. The molecular weight excluding hydrogens is 484 g/mol. The Morgan fingerprint density at radius 2 is 2.05 bits per heavy atom. The van der Waals surface area contributed by atoms with E-state index in [4.69, 9.17) is 4.74 Å². The average Bonchev–Trinajstić information content (AvgIpc) is 3.49. The molecule has 0 radical (unpaired) electrons. The van der Waals surface area contributed by atoms with Gasteiger partial charge in [0, 0.05) is 39.2 Å². The number of ether oxygens (including phenoxy) is 1. The lowest BCUT2D eigenvalue weighted by Gasteiger charge is -2.35. The third-order valence-corrected chi connectivity index (χ3v) is 6.10. The topological polar surface area (TPSA) is 116 Å². The molecule has 192 valence electrons. The van der Waals surface area contributed by atoms with Crippen molar-refractivity contribution in [2.45, 2.75) is 32.5 Å². The highest BCUT2D eigenvalue weighted by Crippen LogP contribution is 2.27. The number of fused-ring (bicyclic) bond motifs is 1. The smallest absolute Gasteiger partial charge is 0.290 e. The minimum atomic E-state index is -2.69. The number of imidazole rings is 1. The fourth-order valence-electron chi connectivity index (χ4n) is 4.25. The van der Waals surface area contributed by atoms with Crippen LogP contribution in [0.1, 0.15) is 34.0 Å². The van der Waals surface area contributed by atoms with Crippen molar-refractivity contribution in [2.75, 3.05) is 19.0 Å². The number of carbonyl (C=O) groups excluding carboxylic acids is 1. The number of anilines is 2. The van der Waals surface area contributed by atoms with Gasteiger partial charge in [0.1, 0.15) is 17.2 Å². The number of alkyl halides is 2. The number of nitrogens with one attached hydrogen (secondary N) is 1. The number of carbonyl (C=O) groups is 1. The molecule has 0 aliphatic carbocycles. The van der Waals surface area contributed by atoms with Gasteiger partial charge in [-0.15, -0.1) is 0 Å². The number of amides is 1. The van der Waals surface area contributed by atoms with Crippen LogP contribution in [0.15, 0.2) is 42.9 Å². The maximum Gasteiger partial charge on any atom is 0.290 e. The summed E-state index contributed by atoms with van der Waals surface area (Å²) < 4.78 is 35.1. The molecule has 0 bridgehead atoms. The Labute approximate surface area is 211 Å². The summed E-state index contributed by atoms with van der Waals surface area (Å²) in [6, 6.07) is 5.86. The predicted molar refractivity (Wildman–Crippen MR) is 129 cm³/mol. The van der Waals surface area contributed by atoms with E-state index in [0.29, 0.717) is 29.6 Å². The number of aromatic nitrogens is 7. The average molecular weight is 510 g/mol. The number of hydrogen-bond acceptors (Lipinski definition) is 8. The van der Waals surface area contributed by atoms with E-state index < -0.39 is 6.43 Å². The summed E-state index contributed by atoms with van der Waals surface area (Å²) >= 11 is 0. The number of methoxy groups -OCH3 is 1. The van der Waals surface area contributed by atoms with Gasteiger partial charge in [-0.1, -0.05) is 6.07 Å². The van der Waals surface area contributed by atoms with Crippen LogP contribution in [0.25, 0.3) is 11.4 Å². The zero-order valence-electron chi connectivity index (χ0n) is 20.5. The number of halogens is 2. The molecular formula is C24H25F2N9O2. The lowest BCUT2D eigenvalue weighted by Crippen LogP contribution is -2.49. The van der Waals surface area contributed by atoms with Gasteiger partial charge < -0.3 is 19.5 Å². The number of nitrogens with zero attached hydrogens (tertiary/aromatic N) is 8. The van der Waals surface area contributed by atoms with Gasteiger partial charge in [0.2, 0.25) is 5.95 Å². The molecule has 0 saturated heterocycles. The van der Waals surface area contributed by atoms with Gasteiger partial charge in [-0.3, -0.25) is 9.48 Å². The first kappa shape index (κ1) is 24.4. The van der Waals surface area contributed by atoms with Crippen molar-refractivity contribution in [3.63, 3.8) is 0 Å². The van der Waals surface area contributed by atoms with Crippen molar-refractivity contribution in [3.05, 3.63) is 65.6 Å². The van der Waals surface area contributed by atoms with Crippen molar-refractivity contribution in [3.8, 4) is 11.4 Å². The van der Waals surface area contributed by atoms with Crippen LogP contribution in [0.3, 0.4) is 0 Å². The largest absolute Gasteiger partial charge is 0.382 e. The first-order chi connectivity index (χ1) is 17.8. The van der Waals surface area contributed by atoms with E-state index in [1.165, 1.54) is 12.1 Å². The second kappa shape index (κ2) is 10.0. The van der Waals surface area contributed by atoms with Crippen LogP contribution in [-0.4, -0.2) is 64.8 Å². The number of pyridine rings is 1. The molecule has 13 heteroatoms. The maximum atomic E-state index is 13.5. The van der Waals surface area contributed by atoms with E-state index in [-0.39, 0.29) is 36.6 Å². The number of aryl methyl sites for hydroxylation is 2. The molecule has 1 unspecified atom stereocenters. The quantitative estimate of drug-likeness (QED) is 0.385. The summed E-state index contributed by atoms with van der Waals surface area (Å²) in [4.78, 5) is 32.7. The minimum Gasteiger partial charge on any atom is -0.382 e. The van der Waals surface area contributed by atoms with Crippen LogP contribution in [-0.2, 0) is 24.9 Å². The molecule has 1 aliphatic heterocycles. The minimum absolute atomic E-state index is 0.0565. The van der Waals surface area contributed by atoms with Crippen LogP contribution in [0, 0.1) is 6.92 Å². The van der Waals surface area contributed by atoms with Crippen molar-refractivity contribution in [1.29, 1.82) is 0 Å². The summed E-state index contributed by atoms with van der Waals surface area (Å²) in [7, 11) is 3.35. The SMILES string of the molecule is COCC1Cn2cc(-c3nc(Nc4ccnn4C)ncc3C)nc2C(=O)N1Cc1cccc(C(F)F)n1. The van der Waals surface area contributed by atoms with Gasteiger partial charge in [-0.05, 0) is 24.6 Å². The highest BCUT2D eigenvalue weighted by atomic mass is 19.3. The molecule has 1 N–H and O–H groups in total. The Kier molecular flexibility index (Phi) is 6.61. The predicted octanol–water partition coefficient (Wildman–Crippen LogP) is 3.13. The molecule has 0 saturated carbocycles. The van der Waals surface area contributed by atoms with E-state index in [1.54, 1.807) is 59.0 Å². The molecule has 4 aromatic heterocycles. The van der Waals surface area contributed by atoms with E-state index in [1.807, 2.05) is 6.92 Å². The molecule has 5 heterocycles.